The van der Waals surface area contributed by atoms with Gasteiger partial charge in [0.1, 0.15) is 0 Å². The highest BCUT2D eigenvalue weighted by atomic mass is 32.2. The summed E-state index contributed by atoms with van der Waals surface area (Å²) in [6.45, 7) is 9.87. The molecule has 1 aliphatic rings. The standard InChI is InChI=1S/C23H39NO2S/c1-5-24(22-12-7-6-8-13-22)18-10-9-11-20-14-16-21(17-15-20)19-27(25,26)23(2,3)4/h6-8,12-13,20-21H,5,9-11,14-19H2,1-4H3. The van der Waals surface area contributed by atoms with Crippen LogP contribution in [0.1, 0.15) is 72.6 Å². The summed E-state index contributed by atoms with van der Waals surface area (Å²) in [4.78, 5) is 2.45. The van der Waals surface area contributed by atoms with Gasteiger partial charge in [-0.3, -0.25) is 0 Å². The van der Waals surface area contributed by atoms with Crippen molar-refractivity contribution >= 4 is 15.5 Å². The van der Waals surface area contributed by atoms with Crippen LogP contribution in [0, 0.1) is 11.8 Å². The third kappa shape index (κ3) is 6.81. The Kier molecular flexibility index (Phi) is 8.20. The highest BCUT2D eigenvalue weighted by molar-refractivity contribution is 7.92. The smallest absolute Gasteiger partial charge is 0.155 e. The van der Waals surface area contributed by atoms with E-state index < -0.39 is 14.6 Å². The van der Waals surface area contributed by atoms with Gasteiger partial charge in [0, 0.05) is 18.8 Å². The average molecular weight is 394 g/mol. The summed E-state index contributed by atoms with van der Waals surface area (Å²) in [5, 5.41) is 0. The molecule has 0 atom stereocenters. The van der Waals surface area contributed by atoms with E-state index in [0.29, 0.717) is 11.7 Å². The number of hydrogen-bond acceptors (Lipinski definition) is 3. The molecule has 0 saturated heterocycles. The summed E-state index contributed by atoms with van der Waals surface area (Å²) >= 11 is 0. The van der Waals surface area contributed by atoms with Crippen LogP contribution < -0.4 is 4.90 Å². The second-order valence-corrected chi connectivity index (χ2v) is 12.0. The lowest BCUT2D eigenvalue weighted by atomic mass is 9.80. The lowest BCUT2D eigenvalue weighted by Crippen LogP contribution is -2.34. The maximum atomic E-state index is 12.4. The van der Waals surface area contributed by atoms with E-state index in [1.54, 1.807) is 0 Å². The molecule has 0 N–H and O–H groups in total. The van der Waals surface area contributed by atoms with Crippen molar-refractivity contribution in [3.63, 3.8) is 0 Å². The molecule has 1 aliphatic carbocycles. The van der Waals surface area contributed by atoms with E-state index in [-0.39, 0.29) is 0 Å². The molecule has 1 aromatic rings. The zero-order valence-corrected chi connectivity index (χ0v) is 18.6. The molecule has 1 aromatic carbocycles. The van der Waals surface area contributed by atoms with Gasteiger partial charge in [0.05, 0.1) is 10.5 Å². The Balaban J connectivity index is 1.66. The minimum absolute atomic E-state index is 0.374. The van der Waals surface area contributed by atoms with Crippen molar-refractivity contribution in [2.45, 2.75) is 77.4 Å². The SMILES string of the molecule is CCN(CCCCC1CCC(CS(=O)(=O)C(C)(C)C)CC1)c1ccccc1. The highest BCUT2D eigenvalue weighted by Crippen LogP contribution is 2.34. The molecule has 2 rings (SSSR count). The Bertz CT molecular complexity index is 641. The molecule has 4 heteroatoms. The first-order chi connectivity index (χ1) is 12.7. The first-order valence-corrected chi connectivity index (χ1v) is 12.4. The van der Waals surface area contributed by atoms with Crippen molar-refractivity contribution < 1.29 is 8.42 Å². The summed E-state index contributed by atoms with van der Waals surface area (Å²) < 4.78 is 24.2. The van der Waals surface area contributed by atoms with Crippen molar-refractivity contribution in [2.75, 3.05) is 23.7 Å². The van der Waals surface area contributed by atoms with Crippen molar-refractivity contribution in [1.82, 2.24) is 0 Å². The summed E-state index contributed by atoms with van der Waals surface area (Å²) in [5.74, 6) is 1.55. The lowest BCUT2D eigenvalue weighted by Gasteiger charge is -2.30. The van der Waals surface area contributed by atoms with Gasteiger partial charge in [0.2, 0.25) is 0 Å². The summed E-state index contributed by atoms with van der Waals surface area (Å²) in [5.41, 5.74) is 1.32. The van der Waals surface area contributed by atoms with Crippen molar-refractivity contribution in [1.29, 1.82) is 0 Å². The van der Waals surface area contributed by atoms with Crippen LogP contribution in [0.15, 0.2) is 30.3 Å². The van der Waals surface area contributed by atoms with Crippen LogP contribution in [0.4, 0.5) is 5.69 Å². The predicted molar refractivity (Wildman–Crippen MR) is 117 cm³/mol. The minimum Gasteiger partial charge on any atom is -0.372 e. The molecule has 0 bridgehead atoms. The van der Waals surface area contributed by atoms with E-state index in [0.717, 1.165) is 31.8 Å². The number of para-hydroxylation sites is 1. The number of anilines is 1. The van der Waals surface area contributed by atoms with E-state index in [9.17, 15) is 8.42 Å². The van der Waals surface area contributed by atoms with Gasteiger partial charge in [-0.15, -0.1) is 0 Å². The van der Waals surface area contributed by atoms with E-state index >= 15 is 0 Å². The Morgan fingerprint density at radius 1 is 0.963 bits per heavy atom. The van der Waals surface area contributed by atoms with Crippen molar-refractivity contribution in [2.24, 2.45) is 11.8 Å². The van der Waals surface area contributed by atoms with Crippen LogP contribution in [0.3, 0.4) is 0 Å². The molecule has 0 amide bonds. The number of sulfone groups is 1. The molecule has 1 saturated carbocycles. The summed E-state index contributed by atoms with van der Waals surface area (Å²) in [7, 11) is -2.98. The maximum Gasteiger partial charge on any atom is 0.155 e. The molecule has 0 spiro atoms. The van der Waals surface area contributed by atoms with Crippen molar-refractivity contribution in [3.8, 4) is 0 Å². The maximum absolute atomic E-state index is 12.4. The predicted octanol–water partition coefficient (Wildman–Crippen LogP) is 5.70. The number of benzene rings is 1. The van der Waals surface area contributed by atoms with Gasteiger partial charge in [-0.2, -0.15) is 0 Å². The fraction of sp³-hybridized carbons (Fsp3) is 0.739. The molecule has 154 valence electrons. The fourth-order valence-electron chi connectivity index (χ4n) is 4.09. The number of nitrogens with zero attached hydrogens (tertiary/aromatic N) is 1. The Morgan fingerprint density at radius 3 is 2.11 bits per heavy atom. The number of rotatable bonds is 9. The molecule has 0 unspecified atom stereocenters. The van der Waals surface area contributed by atoms with Crippen LogP contribution in [0.2, 0.25) is 0 Å². The van der Waals surface area contributed by atoms with Gasteiger partial charge >= 0.3 is 0 Å². The van der Waals surface area contributed by atoms with Crippen LogP contribution >= 0.6 is 0 Å². The summed E-state index contributed by atoms with van der Waals surface area (Å²) in [6.07, 6.45) is 8.41. The second kappa shape index (κ2) is 9.95. The molecule has 0 aromatic heterocycles. The Hall–Kier alpha value is -1.03. The molecule has 0 radical (unpaired) electrons. The monoisotopic (exact) mass is 393 g/mol. The molecule has 0 aliphatic heterocycles. The zero-order chi connectivity index (χ0) is 19.9. The van der Waals surface area contributed by atoms with Gasteiger partial charge in [0.25, 0.3) is 0 Å². The highest BCUT2D eigenvalue weighted by Gasteiger charge is 2.33. The van der Waals surface area contributed by atoms with E-state index in [2.05, 4.69) is 42.2 Å². The third-order valence-corrected chi connectivity index (χ3v) is 8.92. The molecule has 27 heavy (non-hydrogen) atoms. The lowest BCUT2D eigenvalue weighted by molar-refractivity contribution is 0.273. The average Bonchev–Trinajstić information content (AvgIpc) is 2.63. The topological polar surface area (TPSA) is 37.4 Å². The van der Waals surface area contributed by atoms with Gasteiger partial charge in [0.15, 0.2) is 9.84 Å². The molecule has 3 nitrogen and oxygen atoms in total. The van der Waals surface area contributed by atoms with E-state index in [1.807, 2.05) is 20.8 Å². The van der Waals surface area contributed by atoms with Crippen LogP contribution in [0.25, 0.3) is 0 Å². The minimum atomic E-state index is -2.98. The van der Waals surface area contributed by atoms with Gasteiger partial charge in [-0.05, 0) is 70.9 Å². The zero-order valence-electron chi connectivity index (χ0n) is 17.8. The molecular formula is C23H39NO2S. The van der Waals surface area contributed by atoms with E-state index in [4.69, 9.17) is 0 Å². The normalized spacial score (nSPS) is 21.2. The molecular weight excluding hydrogens is 354 g/mol. The first kappa shape index (κ1) is 22.3. The van der Waals surface area contributed by atoms with Crippen molar-refractivity contribution in [3.05, 3.63) is 30.3 Å². The Morgan fingerprint density at radius 2 is 1.56 bits per heavy atom. The quantitative estimate of drug-likeness (QED) is 0.505. The summed E-state index contributed by atoms with van der Waals surface area (Å²) in [6, 6.07) is 10.7. The largest absolute Gasteiger partial charge is 0.372 e. The molecule has 0 heterocycles. The van der Waals surface area contributed by atoms with Gasteiger partial charge in [-0.25, -0.2) is 8.42 Å². The van der Waals surface area contributed by atoms with Gasteiger partial charge < -0.3 is 4.90 Å². The second-order valence-electron chi connectivity index (χ2n) is 9.19. The number of hydrogen-bond donors (Lipinski definition) is 0. The Labute approximate surface area is 167 Å². The van der Waals surface area contributed by atoms with Gasteiger partial charge in [-0.1, -0.05) is 43.9 Å². The molecule has 1 fully saturated rings. The third-order valence-electron chi connectivity index (χ3n) is 6.15. The fourth-order valence-corrected chi connectivity index (χ4v) is 5.55. The van der Waals surface area contributed by atoms with Crippen LogP contribution in [0.5, 0.6) is 0 Å². The van der Waals surface area contributed by atoms with E-state index in [1.165, 1.54) is 37.8 Å². The van der Waals surface area contributed by atoms with Crippen LogP contribution in [-0.2, 0) is 9.84 Å². The number of unbranched alkanes of at least 4 members (excludes halogenated alkanes) is 1. The van der Waals surface area contributed by atoms with Crippen LogP contribution in [-0.4, -0.2) is 32.0 Å². The first-order valence-electron chi connectivity index (χ1n) is 10.7.